The molecule has 0 spiro atoms. The van der Waals surface area contributed by atoms with Crippen LogP contribution in [0.2, 0.25) is 0 Å². The van der Waals surface area contributed by atoms with Crippen molar-refractivity contribution in [2.45, 2.75) is 0 Å². The zero-order valence-corrected chi connectivity index (χ0v) is 23.3. The van der Waals surface area contributed by atoms with Gasteiger partial charge in [-0.3, -0.25) is 0 Å². The third-order valence-electron chi connectivity index (χ3n) is 6.87. The zero-order valence-electron chi connectivity index (χ0n) is 23.3. The lowest BCUT2D eigenvalue weighted by molar-refractivity contribution is 0.217. The van der Waals surface area contributed by atoms with Crippen molar-refractivity contribution in [3.8, 4) is 11.5 Å². The largest absolute Gasteiger partial charge is 0.490 e. The molecule has 0 fully saturated rings. The van der Waals surface area contributed by atoms with Gasteiger partial charge in [0.2, 0.25) is 0 Å². The maximum absolute atomic E-state index is 6.00. The number of hydrogen-bond donors (Lipinski definition) is 0. The number of rotatable bonds is 11. The topological polar surface area (TPSA) is 24.9 Å². The standard InChI is InChI=1S/C38H32N2O2/c1-5-13-31(14-6-1)39(32-15-7-2-8-16-32)35-21-25-37(26-22-35)41-29-30-42-38-27-23-36(24-28-38)40(33-17-9-3-10-18-33)34-19-11-4-12-20-34/h1-28H,29-30H2. The van der Waals surface area contributed by atoms with Gasteiger partial charge in [-0.1, -0.05) is 72.8 Å². The van der Waals surface area contributed by atoms with Gasteiger partial charge in [0.15, 0.2) is 0 Å². The summed E-state index contributed by atoms with van der Waals surface area (Å²) in [6.07, 6.45) is 0. The summed E-state index contributed by atoms with van der Waals surface area (Å²) in [6, 6.07) is 57.8. The van der Waals surface area contributed by atoms with Crippen molar-refractivity contribution in [2.24, 2.45) is 0 Å². The lowest BCUT2D eigenvalue weighted by Crippen LogP contribution is -2.11. The predicted molar refractivity (Wildman–Crippen MR) is 173 cm³/mol. The van der Waals surface area contributed by atoms with Crippen LogP contribution in [-0.2, 0) is 0 Å². The van der Waals surface area contributed by atoms with E-state index in [2.05, 4.69) is 131 Å². The molecule has 0 aliphatic carbocycles. The molecule has 0 aliphatic heterocycles. The van der Waals surface area contributed by atoms with Gasteiger partial charge in [0.1, 0.15) is 24.7 Å². The molecule has 0 aromatic heterocycles. The van der Waals surface area contributed by atoms with E-state index in [9.17, 15) is 0 Å². The Kier molecular flexibility index (Phi) is 8.43. The minimum absolute atomic E-state index is 0.447. The average Bonchev–Trinajstić information content (AvgIpc) is 3.07. The van der Waals surface area contributed by atoms with Crippen LogP contribution in [0, 0.1) is 0 Å². The van der Waals surface area contributed by atoms with Crippen molar-refractivity contribution in [3.63, 3.8) is 0 Å². The maximum atomic E-state index is 6.00. The fourth-order valence-corrected chi connectivity index (χ4v) is 4.90. The third-order valence-corrected chi connectivity index (χ3v) is 6.87. The Balaban J connectivity index is 1.07. The molecule has 206 valence electrons. The molecule has 4 heteroatoms. The van der Waals surface area contributed by atoms with Gasteiger partial charge >= 0.3 is 0 Å². The fourth-order valence-electron chi connectivity index (χ4n) is 4.90. The van der Waals surface area contributed by atoms with E-state index in [1.807, 2.05) is 48.5 Å². The van der Waals surface area contributed by atoms with Crippen LogP contribution in [0.15, 0.2) is 170 Å². The van der Waals surface area contributed by atoms with E-state index in [-0.39, 0.29) is 0 Å². The van der Waals surface area contributed by atoms with Crippen molar-refractivity contribution >= 4 is 34.1 Å². The Hall–Kier alpha value is -5.48. The molecular formula is C38H32N2O2. The van der Waals surface area contributed by atoms with Gasteiger partial charge in [0.25, 0.3) is 0 Å². The van der Waals surface area contributed by atoms with E-state index < -0.39 is 0 Å². The molecule has 0 aliphatic rings. The smallest absolute Gasteiger partial charge is 0.122 e. The van der Waals surface area contributed by atoms with Gasteiger partial charge in [-0.05, 0) is 97.1 Å². The number of hydrogen-bond acceptors (Lipinski definition) is 4. The number of ether oxygens (including phenoxy) is 2. The molecule has 6 rings (SSSR count). The molecular weight excluding hydrogens is 516 g/mol. The minimum Gasteiger partial charge on any atom is -0.490 e. The van der Waals surface area contributed by atoms with Crippen LogP contribution < -0.4 is 19.3 Å². The molecule has 0 atom stereocenters. The molecule has 0 radical (unpaired) electrons. The van der Waals surface area contributed by atoms with E-state index in [0.717, 1.165) is 45.6 Å². The van der Waals surface area contributed by atoms with Crippen molar-refractivity contribution in [2.75, 3.05) is 23.0 Å². The normalized spacial score (nSPS) is 10.6. The zero-order chi connectivity index (χ0) is 28.4. The van der Waals surface area contributed by atoms with Crippen LogP contribution in [0.1, 0.15) is 0 Å². The van der Waals surface area contributed by atoms with Gasteiger partial charge in [-0.25, -0.2) is 0 Å². The van der Waals surface area contributed by atoms with Crippen LogP contribution in [0.25, 0.3) is 0 Å². The lowest BCUT2D eigenvalue weighted by atomic mass is 10.2. The number of benzene rings is 6. The summed E-state index contributed by atoms with van der Waals surface area (Å²) in [4.78, 5) is 4.46. The van der Waals surface area contributed by atoms with E-state index >= 15 is 0 Å². The lowest BCUT2D eigenvalue weighted by Gasteiger charge is -2.25. The first-order chi connectivity index (χ1) is 20.8. The van der Waals surface area contributed by atoms with Gasteiger partial charge in [-0.15, -0.1) is 0 Å². The Labute approximate surface area is 247 Å². The van der Waals surface area contributed by atoms with Crippen molar-refractivity contribution in [3.05, 3.63) is 170 Å². The number of para-hydroxylation sites is 4. The summed E-state index contributed by atoms with van der Waals surface area (Å²) in [5.74, 6) is 1.61. The molecule has 0 heterocycles. The maximum Gasteiger partial charge on any atom is 0.122 e. The first-order valence-electron chi connectivity index (χ1n) is 14.1. The second-order valence-corrected chi connectivity index (χ2v) is 9.70. The molecule has 0 bridgehead atoms. The van der Waals surface area contributed by atoms with E-state index in [1.54, 1.807) is 0 Å². The molecule has 4 nitrogen and oxygen atoms in total. The fraction of sp³-hybridized carbons (Fsp3) is 0.0526. The second-order valence-electron chi connectivity index (χ2n) is 9.70. The molecule has 0 N–H and O–H groups in total. The number of nitrogens with zero attached hydrogens (tertiary/aromatic N) is 2. The quantitative estimate of drug-likeness (QED) is 0.150. The highest BCUT2D eigenvalue weighted by Gasteiger charge is 2.13. The predicted octanol–water partition coefficient (Wildman–Crippen LogP) is 10.1. The summed E-state index contributed by atoms with van der Waals surface area (Å²) in [7, 11) is 0. The van der Waals surface area contributed by atoms with Crippen LogP contribution >= 0.6 is 0 Å². The molecule has 6 aromatic carbocycles. The van der Waals surface area contributed by atoms with Gasteiger partial charge in [0.05, 0.1) is 0 Å². The third kappa shape index (κ3) is 6.45. The van der Waals surface area contributed by atoms with Crippen molar-refractivity contribution < 1.29 is 9.47 Å². The van der Waals surface area contributed by atoms with Crippen molar-refractivity contribution in [1.82, 2.24) is 0 Å². The molecule has 0 amide bonds. The average molecular weight is 549 g/mol. The Morgan fingerprint density at radius 2 is 0.524 bits per heavy atom. The summed E-state index contributed by atoms with van der Waals surface area (Å²) in [5.41, 5.74) is 6.55. The SMILES string of the molecule is c1ccc(N(c2ccccc2)c2ccc(OCCOc3ccc(N(c4ccccc4)c4ccccc4)cc3)cc2)cc1. The van der Waals surface area contributed by atoms with E-state index in [1.165, 1.54) is 0 Å². The Morgan fingerprint density at radius 1 is 0.286 bits per heavy atom. The molecule has 0 saturated heterocycles. The Morgan fingerprint density at radius 3 is 0.786 bits per heavy atom. The second kappa shape index (κ2) is 13.2. The monoisotopic (exact) mass is 548 g/mol. The van der Waals surface area contributed by atoms with Crippen LogP contribution in [0.5, 0.6) is 11.5 Å². The summed E-state index contributed by atoms with van der Waals surface area (Å²) < 4.78 is 12.0. The molecule has 42 heavy (non-hydrogen) atoms. The minimum atomic E-state index is 0.447. The number of anilines is 6. The Bertz CT molecular complexity index is 1430. The van der Waals surface area contributed by atoms with Gasteiger partial charge in [0, 0.05) is 34.1 Å². The highest BCUT2D eigenvalue weighted by atomic mass is 16.5. The summed E-state index contributed by atoms with van der Waals surface area (Å²) >= 11 is 0. The summed E-state index contributed by atoms with van der Waals surface area (Å²) in [6.45, 7) is 0.894. The highest BCUT2D eigenvalue weighted by molar-refractivity contribution is 5.77. The van der Waals surface area contributed by atoms with Gasteiger partial charge in [-0.2, -0.15) is 0 Å². The molecule has 6 aromatic rings. The summed E-state index contributed by atoms with van der Waals surface area (Å²) in [5, 5.41) is 0. The van der Waals surface area contributed by atoms with Crippen molar-refractivity contribution in [1.29, 1.82) is 0 Å². The van der Waals surface area contributed by atoms with E-state index in [0.29, 0.717) is 13.2 Å². The van der Waals surface area contributed by atoms with Crippen LogP contribution in [0.3, 0.4) is 0 Å². The molecule has 0 unspecified atom stereocenters. The van der Waals surface area contributed by atoms with Gasteiger partial charge < -0.3 is 19.3 Å². The van der Waals surface area contributed by atoms with Crippen LogP contribution in [-0.4, -0.2) is 13.2 Å². The van der Waals surface area contributed by atoms with Crippen LogP contribution in [0.4, 0.5) is 34.1 Å². The van der Waals surface area contributed by atoms with E-state index in [4.69, 9.17) is 9.47 Å². The molecule has 0 saturated carbocycles. The first-order valence-corrected chi connectivity index (χ1v) is 14.1. The first kappa shape index (κ1) is 26.7. The highest BCUT2D eigenvalue weighted by Crippen LogP contribution is 2.36.